The van der Waals surface area contributed by atoms with Crippen LogP contribution in [0.3, 0.4) is 0 Å². The molecular weight excluding hydrogens is 290 g/mol. The number of hydrogen-bond donors (Lipinski definition) is 1. The molecule has 0 fully saturated rings. The third kappa shape index (κ3) is 5.38. The molecule has 1 rings (SSSR count). The van der Waals surface area contributed by atoms with Crippen molar-refractivity contribution in [1.82, 2.24) is 0 Å². The average molecular weight is 312 g/mol. The number of carbonyl (C=O) groups excluding carboxylic acids is 1. The van der Waals surface area contributed by atoms with Gasteiger partial charge in [0.2, 0.25) is 5.91 Å². The summed E-state index contributed by atoms with van der Waals surface area (Å²) < 4.78 is 0. The topological polar surface area (TPSA) is 57.6 Å². The smallest absolute Gasteiger partial charge is 0.323 e. The Hall–Kier alpha value is -1.55. The molecule has 116 valence electrons. The van der Waals surface area contributed by atoms with Gasteiger partial charge in [0.05, 0.1) is 0 Å². The molecule has 0 aliphatic heterocycles. The maximum atomic E-state index is 12.5. The normalized spacial score (nSPS) is 12.8. The SMILES string of the molecule is CC(CC(=O)N(CC(=O)O)c1ccc(Cl)cc1)C(C)(C)C. The van der Waals surface area contributed by atoms with Crippen LogP contribution in [0.15, 0.2) is 24.3 Å². The molecule has 1 atom stereocenters. The highest BCUT2D eigenvalue weighted by molar-refractivity contribution is 6.30. The largest absolute Gasteiger partial charge is 0.480 e. The minimum absolute atomic E-state index is 0.00938. The van der Waals surface area contributed by atoms with Crippen molar-refractivity contribution in [3.05, 3.63) is 29.3 Å². The Morgan fingerprint density at radius 2 is 1.76 bits per heavy atom. The van der Waals surface area contributed by atoms with Crippen LogP contribution in [0.4, 0.5) is 5.69 Å². The van der Waals surface area contributed by atoms with Gasteiger partial charge in [-0.15, -0.1) is 0 Å². The van der Waals surface area contributed by atoms with E-state index < -0.39 is 5.97 Å². The van der Waals surface area contributed by atoms with Crippen LogP contribution in [0.2, 0.25) is 5.02 Å². The molecule has 0 bridgehead atoms. The van der Waals surface area contributed by atoms with Gasteiger partial charge in [0.25, 0.3) is 0 Å². The van der Waals surface area contributed by atoms with Gasteiger partial charge in [-0.3, -0.25) is 9.59 Å². The van der Waals surface area contributed by atoms with Crippen LogP contribution < -0.4 is 4.90 Å². The molecule has 1 amide bonds. The zero-order valence-corrected chi connectivity index (χ0v) is 13.6. The van der Waals surface area contributed by atoms with Crippen LogP contribution in [0.1, 0.15) is 34.1 Å². The molecule has 0 spiro atoms. The molecule has 0 aromatic heterocycles. The minimum atomic E-state index is -1.04. The number of nitrogens with zero attached hydrogens (tertiary/aromatic N) is 1. The first-order chi connectivity index (χ1) is 9.61. The van der Waals surface area contributed by atoms with E-state index >= 15 is 0 Å². The van der Waals surface area contributed by atoms with Crippen molar-refractivity contribution in [1.29, 1.82) is 0 Å². The van der Waals surface area contributed by atoms with Crippen molar-refractivity contribution in [2.75, 3.05) is 11.4 Å². The van der Waals surface area contributed by atoms with Gasteiger partial charge < -0.3 is 10.0 Å². The summed E-state index contributed by atoms with van der Waals surface area (Å²) in [6.45, 7) is 7.84. The van der Waals surface area contributed by atoms with Gasteiger partial charge in [-0.2, -0.15) is 0 Å². The van der Waals surface area contributed by atoms with Crippen molar-refractivity contribution in [2.45, 2.75) is 34.1 Å². The first kappa shape index (κ1) is 17.5. The van der Waals surface area contributed by atoms with Gasteiger partial charge in [0, 0.05) is 17.1 Å². The van der Waals surface area contributed by atoms with Crippen LogP contribution in [0.25, 0.3) is 0 Å². The molecule has 1 unspecified atom stereocenters. The fourth-order valence-electron chi connectivity index (χ4n) is 1.76. The molecule has 0 aliphatic rings. The second-order valence-corrected chi connectivity index (χ2v) is 6.76. The zero-order valence-electron chi connectivity index (χ0n) is 12.9. The number of carbonyl (C=O) groups is 2. The highest BCUT2D eigenvalue weighted by Gasteiger charge is 2.26. The van der Waals surface area contributed by atoms with E-state index in [4.69, 9.17) is 16.7 Å². The van der Waals surface area contributed by atoms with Crippen molar-refractivity contribution in [3.8, 4) is 0 Å². The van der Waals surface area contributed by atoms with Gasteiger partial charge in [0.15, 0.2) is 0 Å². The number of carboxylic acids is 1. The van der Waals surface area contributed by atoms with Crippen LogP contribution >= 0.6 is 11.6 Å². The molecule has 0 aliphatic carbocycles. The van der Waals surface area contributed by atoms with Gasteiger partial charge in [0.1, 0.15) is 6.54 Å². The third-order valence-electron chi connectivity index (χ3n) is 3.69. The number of carboxylic acid groups (broad SMARTS) is 1. The Balaban J connectivity index is 2.94. The summed E-state index contributed by atoms with van der Waals surface area (Å²) in [5.41, 5.74) is 0.540. The summed E-state index contributed by atoms with van der Waals surface area (Å²) in [5.74, 6) is -1.09. The second-order valence-electron chi connectivity index (χ2n) is 6.32. The highest BCUT2D eigenvalue weighted by atomic mass is 35.5. The average Bonchev–Trinajstić information content (AvgIpc) is 2.35. The van der Waals surface area contributed by atoms with Crippen LogP contribution in [-0.4, -0.2) is 23.5 Å². The quantitative estimate of drug-likeness (QED) is 0.899. The van der Waals surface area contributed by atoms with Crippen LogP contribution in [-0.2, 0) is 9.59 Å². The lowest BCUT2D eigenvalue weighted by atomic mass is 9.80. The van der Waals surface area contributed by atoms with E-state index in [-0.39, 0.29) is 23.8 Å². The predicted octanol–water partition coefficient (Wildman–Crippen LogP) is 3.83. The predicted molar refractivity (Wildman–Crippen MR) is 84.7 cm³/mol. The molecule has 1 aromatic rings. The number of benzene rings is 1. The van der Waals surface area contributed by atoms with Crippen molar-refractivity contribution >= 4 is 29.2 Å². The van der Waals surface area contributed by atoms with Gasteiger partial charge in [-0.25, -0.2) is 0 Å². The monoisotopic (exact) mass is 311 g/mol. The first-order valence-corrected chi connectivity index (χ1v) is 7.26. The highest BCUT2D eigenvalue weighted by Crippen LogP contribution is 2.29. The Morgan fingerprint density at radius 3 is 2.19 bits per heavy atom. The summed E-state index contributed by atoms with van der Waals surface area (Å²) in [4.78, 5) is 24.8. The van der Waals surface area contributed by atoms with E-state index in [2.05, 4.69) is 20.8 Å². The molecule has 5 heteroatoms. The summed E-state index contributed by atoms with van der Waals surface area (Å²) in [6, 6.07) is 6.61. The third-order valence-corrected chi connectivity index (χ3v) is 3.94. The summed E-state index contributed by atoms with van der Waals surface area (Å²) in [6.07, 6.45) is 0.305. The van der Waals surface area contributed by atoms with E-state index in [1.165, 1.54) is 4.90 Å². The van der Waals surface area contributed by atoms with E-state index in [1.54, 1.807) is 24.3 Å². The number of halogens is 1. The van der Waals surface area contributed by atoms with Crippen molar-refractivity contribution < 1.29 is 14.7 Å². The molecule has 4 nitrogen and oxygen atoms in total. The van der Waals surface area contributed by atoms with E-state index in [9.17, 15) is 9.59 Å². The summed E-state index contributed by atoms with van der Waals surface area (Å²) >= 11 is 5.83. The minimum Gasteiger partial charge on any atom is -0.480 e. The summed E-state index contributed by atoms with van der Waals surface area (Å²) in [5, 5.41) is 9.57. The fraction of sp³-hybridized carbons (Fsp3) is 0.500. The van der Waals surface area contributed by atoms with Gasteiger partial charge in [-0.05, 0) is 35.6 Å². The lowest BCUT2D eigenvalue weighted by molar-refractivity contribution is -0.136. The number of amides is 1. The van der Waals surface area contributed by atoms with Crippen LogP contribution in [0, 0.1) is 11.3 Å². The molecule has 1 N–H and O–H groups in total. The standard InChI is InChI=1S/C16H22ClNO3/c1-11(16(2,3)4)9-14(19)18(10-15(20)21)13-7-5-12(17)6-8-13/h5-8,11H,9-10H2,1-4H3,(H,20,21). The van der Waals surface area contributed by atoms with E-state index in [0.29, 0.717) is 17.1 Å². The molecule has 0 saturated carbocycles. The lowest BCUT2D eigenvalue weighted by Gasteiger charge is -2.29. The zero-order chi connectivity index (χ0) is 16.2. The Labute approximate surface area is 130 Å². The molecular formula is C16H22ClNO3. The fourth-order valence-corrected chi connectivity index (χ4v) is 1.88. The lowest BCUT2D eigenvalue weighted by Crippen LogP contribution is -2.37. The maximum absolute atomic E-state index is 12.5. The second kappa shape index (κ2) is 6.94. The molecule has 21 heavy (non-hydrogen) atoms. The van der Waals surface area contributed by atoms with E-state index in [0.717, 1.165) is 0 Å². The maximum Gasteiger partial charge on any atom is 0.323 e. The van der Waals surface area contributed by atoms with Crippen LogP contribution in [0.5, 0.6) is 0 Å². The first-order valence-electron chi connectivity index (χ1n) is 6.89. The molecule has 0 heterocycles. The molecule has 0 saturated heterocycles. The Bertz CT molecular complexity index is 505. The summed E-state index contributed by atoms with van der Waals surface area (Å²) in [7, 11) is 0. The molecule has 0 radical (unpaired) electrons. The number of anilines is 1. The number of hydrogen-bond acceptors (Lipinski definition) is 2. The Morgan fingerprint density at radius 1 is 1.24 bits per heavy atom. The number of aliphatic carboxylic acids is 1. The van der Waals surface area contributed by atoms with Crippen molar-refractivity contribution in [3.63, 3.8) is 0 Å². The van der Waals surface area contributed by atoms with Crippen molar-refractivity contribution in [2.24, 2.45) is 11.3 Å². The Kier molecular flexibility index (Phi) is 5.78. The molecule has 1 aromatic carbocycles. The number of rotatable bonds is 5. The van der Waals surface area contributed by atoms with Gasteiger partial charge >= 0.3 is 5.97 Å². The van der Waals surface area contributed by atoms with E-state index in [1.807, 2.05) is 6.92 Å². The van der Waals surface area contributed by atoms with Gasteiger partial charge in [-0.1, -0.05) is 39.3 Å².